The van der Waals surface area contributed by atoms with E-state index in [1.807, 2.05) is 41.0 Å². The minimum absolute atomic E-state index is 0.0580. The first-order valence-corrected chi connectivity index (χ1v) is 9.38. The Bertz CT molecular complexity index is 1130. The van der Waals surface area contributed by atoms with E-state index in [9.17, 15) is 9.90 Å². The number of benzene rings is 1. The SMILES string of the molecule is CCn1c(COc2ccc(Cc3sc(=O)[nH]c3O)cc2)nc2cccnc21. The van der Waals surface area contributed by atoms with Crippen LogP contribution in [0.3, 0.4) is 0 Å². The van der Waals surface area contributed by atoms with Gasteiger partial charge in [0.25, 0.3) is 0 Å². The number of fused-ring (bicyclic) bond motifs is 1. The molecule has 0 saturated carbocycles. The highest BCUT2D eigenvalue weighted by atomic mass is 32.1. The molecule has 1 aromatic carbocycles. The van der Waals surface area contributed by atoms with Gasteiger partial charge in [0.2, 0.25) is 5.88 Å². The van der Waals surface area contributed by atoms with Crippen molar-refractivity contribution in [3.8, 4) is 11.6 Å². The lowest BCUT2D eigenvalue weighted by atomic mass is 10.1. The molecule has 0 aliphatic carbocycles. The maximum Gasteiger partial charge on any atom is 0.307 e. The third kappa shape index (κ3) is 3.56. The lowest BCUT2D eigenvalue weighted by Gasteiger charge is -2.08. The first-order valence-electron chi connectivity index (χ1n) is 8.57. The number of nitrogens with zero attached hydrogens (tertiary/aromatic N) is 3. The summed E-state index contributed by atoms with van der Waals surface area (Å²) in [7, 11) is 0. The molecule has 0 unspecified atom stereocenters. The van der Waals surface area contributed by atoms with Gasteiger partial charge < -0.3 is 14.4 Å². The summed E-state index contributed by atoms with van der Waals surface area (Å²) in [6.45, 7) is 3.18. The Kier molecular flexibility index (Phi) is 4.64. The van der Waals surface area contributed by atoms with Gasteiger partial charge in [0.1, 0.15) is 23.7 Å². The number of aryl methyl sites for hydroxylation is 1. The van der Waals surface area contributed by atoms with Crippen LogP contribution in [0.4, 0.5) is 0 Å². The summed E-state index contributed by atoms with van der Waals surface area (Å²) >= 11 is 1.02. The molecule has 4 aromatic rings. The molecule has 0 aliphatic rings. The van der Waals surface area contributed by atoms with Crippen LogP contribution < -0.4 is 9.61 Å². The van der Waals surface area contributed by atoms with E-state index in [1.165, 1.54) is 0 Å². The first kappa shape index (κ1) is 17.3. The van der Waals surface area contributed by atoms with Gasteiger partial charge in [0.15, 0.2) is 5.65 Å². The van der Waals surface area contributed by atoms with Gasteiger partial charge in [-0.3, -0.25) is 9.78 Å². The van der Waals surface area contributed by atoms with Gasteiger partial charge in [0.05, 0.1) is 4.88 Å². The number of aromatic amines is 1. The predicted octanol–water partition coefficient (Wildman–Crippen LogP) is 3.08. The van der Waals surface area contributed by atoms with Crippen LogP contribution in [0.5, 0.6) is 11.6 Å². The van der Waals surface area contributed by atoms with Crippen LogP contribution in [0, 0.1) is 0 Å². The van der Waals surface area contributed by atoms with Crippen molar-refractivity contribution < 1.29 is 9.84 Å². The first-order chi connectivity index (χ1) is 13.1. The third-order valence-corrected chi connectivity index (χ3v) is 5.13. The normalized spacial score (nSPS) is 11.1. The van der Waals surface area contributed by atoms with E-state index in [0.717, 1.165) is 46.2 Å². The average molecular weight is 382 g/mol. The van der Waals surface area contributed by atoms with Crippen molar-refractivity contribution in [3.05, 3.63) is 68.5 Å². The third-order valence-electron chi connectivity index (χ3n) is 4.26. The Morgan fingerprint density at radius 2 is 2.07 bits per heavy atom. The zero-order valence-electron chi connectivity index (χ0n) is 14.7. The minimum Gasteiger partial charge on any atom is -0.494 e. The Morgan fingerprint density at radius 1 is 1.26 bits per heavy atom. The number of hydrogen-bond acceptors (Lipinski definition) is 6. The van der Waals surface area contributed by atoms with E-state index in [-0.39, 0.29) is 10.8 Å². The molecular weight excluding hydrogens is 364 g/mol. The van der Waals surface area contributed by atoms with Gasteiger partial charge in [-0.15, -0.1) is 0 Å². The monoisotopic (exact) mass is 382 g/mol. The summed E-state index contributed by atoms with van der Waals surface area (Å²) in [6, 6.07) is 11.4. The summed E-state index contributed by atoms with van der Waals surface area (Å²) < 4.78 is 7.93. The lowest BCUT2D eigenvalue weighted by Crippen LogP contribution is -2.06. The van der Waals surface area contributed by atoms with Crippen molar-refractivity contribution in [1.29, 1.82) is 0 Å². The average Bonchev–Trinajstić information content (AvgIpc) is 3.19. The van der Waals surface area contributed by atoms with E-state index < -0.39 is 0 Å². The number of aromatic hydroxyl groups is 1. The molecule has 8 heteroatoms. The minimum atomic E-state index is -0.254. The fraction of sp³-hybridized carbons (Fsp3) is 0.211. The summed E-state index contributed by atoms with van der Waals surface area (Å²) in [5.41, 5.74) is 2.70. The van der Waals surface area contributed by atoms with E-state index in [4.69, 9.17) is 4.74 Å². The Balaban J connectivity index is 1.46. The maximum absolute atomic E-state index is 11.3. The fourth-order valence-corrected chi connectivity index (χ4v) is 3.71. The molecule has 27 heavy (non-hydrogen) atoms. The molecule has 0 saturated heterocycles. The smallest absolute Gasteiger partial charge is 0.307 e. The van der Waals surface area contributed by atoms with Gasteiger partial charge in [-0.2, -0.15) is 0 Å². The van der Waals surface area contributed by atoms with Crippen molar-refractivity contribution in [2.24, 2.45) is 0 Å². The summed E-state index contributed by atoms with van der Waals surface area (Å²) in [6.07, 6.45) is 2.26. The van der Waals surface area contributed by atoms with Crippen LogP contribution in [0.2, 0.25) is 0 Å². The number of thiazole rings is 1. The fourth-order valence-electron chi connectivity index (χ4n) is 2.96. The quantitative estimate of drug-likeness (QED) is 0.535. The number of hydrogen-bond donors (Lipinski definition) is 2. The zero-order valence-corrected chi connectivity index (χ0v) is 15.5. The summed E-state index contributed by atoms with van der Waals surface area (Å²) in [5.74, 6) is 1.50. The van der Waals surface area contributed by atoms with E-state index in [0.29, 0.717) is 17.9 Å². The Morgan fingerprint density at radius 3 is 2.78 bits per heavy atom. The van der Waals surface area contributed by atoms with Crippen molar-refractivity contribution in [2.75, 3.05) is 0 Å². The lowest BCUT2D eigenvalue weighted by molar-refractivity contribution is 0.290. The van der Waals surface area contributed by atoms with Crippen LogP contribution in [-0.2, 0) is 19.6 Å². The topological polar surface area (TPSA) is 93.0 Å². The van der Waals surface area contributed by atoms with E-state index in [2.05, 4.69) is 21.9 Å². The molecular formula is C19H18N4O3S. The van der Waals surface area contributed by atoms with Crippen molar-refractivity contribution in [3.63, 3.8) is 0 Å². The molecule has 3 heterocycles. The van der Waals surface area contributed by atoms with Crippen molar-refractivity contribution in [1.82, 2.24) is 19.5 Å². The number of nitrogens with one attached hydrogen (secondary N) is 1. The van der Waals surface area contributed by atoms with Crippen LogP contribution in [0.15, 0.2) is 47.4 Å². The highest BCUT2D eigenvalue weighted by molar-refractivity contribution is 7.09. The van der Waals surface area contributed by atoms with E-state index >= 15 is 0 Å². The summed E-state index contributed by atoms with van der Waals surface area (Å²) in [4.78, 5) is 23.0. The molecule has 4 rings (SSSR count). The number of aromatic nitrogens is 4. The highest BCUT2D eigenvalue weighted by Gasteiger charge is 2.11. The molecule has 138 valence electrons. The standard InChI is InChI=1S/C19H18N4O3S/c1-2-23-16(21-14-4-3-9-20-17(14)23)11-26-13-7-5-12(6-8-13)10-15-18(24)22-19(25)27-15/h3-9,24H,2,10-11H2,1H3,(H,22,25). The molecule has 0 spiro atoms. The second-order valence-electron chi connectivity index (χ2n) is 6.01. The van der Waals surface area contributed by atoms with Crippen LogP contribution in [0.1, 0.15) is 23.2 Å². The molecule has 3 aromatic heterocycles. The van der Waals surface area contributed by atoms with Gasteiger partial charge in [-0.05, 0) is 36.8 Å². The molecule has 0 amide bonds. The molecule has 0 atom stereocenters. The number of imidazole rings is 1. The van der Waals surface area contributed by atoms with Gasteiger partial charge >= 0.3 is 4.87 Å². The van der Waals surface area contributed by atoms with Crippen LogP contribution >= 0.6 is 11.3 Å². The molecule has 2 N–H and O–H groups in total. The Hall–Kier alpha value is -3.13. The van der Waals surface area contributed by atoms with Crippen molar-refractivity contribution in [2.45, 2.75) is 26.5 Å². The second-order valence-corrected chi connectivity index (χ2v) is 7.08. The number of ether oxygens (including phenoxy) is 1. The Labute approximate surface area is 158 Å². The summed E-state index contributed by atoms with van der Waals surface area (Å²) in [5, 5.41) is 9.68. The number of H-pyrrole nitrogens is 1. The van der Waals surface area contributed by atoms with E-state index in [1.54, 1.807) is 6.20 Å². The highest BCUT2D eigenvalue weighted by Crippen LogP contribution is 2.22. The molecule has 7 nitrogen and oxygen atoms in total. The van der Waals surface area contributed by atoms with Crippen LogP contribution in [-0.4, -0.2) is 24.6 Å². The van der Waals surface area contributed by atoms with Gasteiger partial charge in [0, 0.05) is 19.2 Å². The van der Waals surface area contributed by atoms with Gasteiger partial charge in [-0.25, -0.2) is 9.97 Å². The van der Waals surface area contributed by atoms with Crippen molar-refractivity contribution >= 4 is 22.5 Å². The number of rotatable bonds is 6. The molecule has 0 bridgehead atoms. The maximum atomic E-state index is 11.3. The zero-order chi connectivity index (χ0) is 18.8. The number of pyridine rings is 1. The molecule has 0 aliphatic heterocycles. The molecule has 0 radical (unpaired) electrons. The predicted molar refractivity (Wildman–Crippen MR) is 103 cm³/mol. The molecule has 0 fully saturated rings. The second kappa shape index (κ2) is 7.24. The largest absolute Gasteiger partial charge is 0.494 e. The van der Waals surface area contributed by atoms with Crippen LogP contribution in [0.25, 0.3) is 11.2 Å². The van der Waals surface area contributed by atoms with Gasteiger partial charge in [-0.1, -0.05) is 23.5 Å².